The van der Waals surface area contributed by atoms with Crippen molar-refractivity contribution in [1.82, 2.24) is 15.0 Å². The fourth-order valence-electron chi connectivity index (χ4n) is 1.79. The van der Waals surface area contributed by atoms with Gasteiger partial charge in [0, 0.05) is 24.8 Å². The average molecular weight is 304 g/mol. The van der Waals surface area contributed by atoms with Gasteiger partial charge in [-0.15, -0.1) is 0 Å². The number of nitrogens with zero attached hydrogens (tertiary/aromatic N) is 3. The summed E-state index contributed by atoms with van der Waals surface area (Å²) in [5, 5.41) is 15.3. The number of aliphatic carboxylic acids is 1. The minimum atomic E-state index is -0.941. The van der Waals surface area contributed by atoms with Gasteiger partial charge >= 0.3 is 12.0 Å². The maximum absolute atomic E-state index is 12.0. The molecule has 0 aliphatic rings. The van der Waals surface area contributed by atoms with Gasteiger partial charge < -0.3 is 19.8 Å². The number of carboxylic acids is 1. The normalized spacial score (nSPS) is 11.7. The fourth-order valence-corrected chi connectivity index (χ4v) is 1.79. The molecule has 1 unspecified atom stereocenters. The molecule has 1 aromatic carbocycles. The van der Waals surface area contributed by atoms with Crippen molar-refractivity contribution in [3.63, 3.8) is 0 Å². The topological polar surface area (TPSA) is 109 Å². The van der Waals surface area contributed by atoms with E-state index in [9.17, 15) is 9.59 Å². The summed E-state index contributed by atoms with van der Waals surface area (Å²) < 4.78 is 4.67. The molecular weight excluding hydrogens is 288 g/mol. The van der Waals surface area contributed by atoms with Crippen LogP contribution in [0.2, 0.25) is 0 Å². The first-order chi connectivity index (χ1) is 10.5. The Hall–Kier alpha value is -2.90. The second-order valence-corrected chi connectivity index (χ2v) is 4.88. The van der Waals surface area contributed by atoms with Crippen molar-refractivity contribution in [3.8, 4) is 11.4 Å². The maximum atomic E-state index is 12.0. The molecule has 1 atom stereocenters. The van der Waals surface area contributed by atoms with Crippen LogP contribution in [0.15, 0.2) is 35.2 Å². The smallest absolute Gasteiger partial charge is 0.321 e. The lowest BCUT2D eigenvalue weighted by atomic mass is 10.2. The molecule has 0 spiro atoms. The van der Waals surface area contributed by atoms with E-state index in [1.165, 1.54) is 11.3 Å². The first kappa shape index (κ1) is 15.5. The number of carbonyl (C=O) groups excluding carboxylic acids is 1. The van der Waals surface area contributed by atoms with Crippen molar-refractivity contribution in [3.05, 3.63) is 30.7 Å². The molecule has 0 bridgehead atoms. The van der Waals surface area contributed by atoms with Crippen molar-refractivity contribution >= 4 is 17.7 Å². The van der Waals surface area contributed by atoms with Crippen molar-refractivity contribution in [2.75, 3.05) is 18.9 Å². The molecule has 2 N–H and O–H groups in total. The molecule has 116 valence electrons. The quantitative estimate of drug-likeness (QED) is 0.873. The molecule has 8 nitrogen and oxygen atoms in total. The molecule has 0 radical (unpaired) electrons. The Balaban J connectivity index is 1.95. The number of amides is 2. The molecule has 2 aromatic rings. The van der Waals surface area contributed by atoms with Gasteiger partial charge in [-0.25, -0.2) is 4.79 Å². The maximum Gasteiger partial charge on any atom is 0.321 e. The molecule has 1 aromatic heterocycles. The molecule has 1 heterocycles. The van der Waals surface area contributed by atoms with Gasteiger partial charge in [-0.3, -0.25) is 4.79 Å². The highest BCUT2D eigenvalue weighted by Gasteiger charge is 2.17. The molecule has 2 amide bonds. The highest BCUT2D eigenvalue weighted by molar-refractivity contribution is 5.89. The van der Waals surface area contributed by atoms with Crippen molar-refractivity contribution in [2.45, 2.75) is 6.92 Å². The summed E-state index contributed by atoms with van der Waals surface area (Å²) in [7, 11) is 1.54. The molecule has 0 aliphatic heterocycles. The average Bonchev–Trinajstić information content (AvgIpc) is 3.02. The third kappa shape index (κ3) is 3.81. The zero-order valence-corrected chi connectivity index (χ0v) is 12.2. The van der Waals surface area contributed by atoms with Gasteiger partial charge in [0.2, 0.25) is 12.2 Å². The number of anilines is 1. The summed E-state index contributed by atoms with van der Waals surface area (Å²) >= 11 is 0. The zero-order valence-electron chi connectivity index (χ0n) is 12.2. The third-order valence-electron chi connectivity index (χ3n) is 3.07. The van der Waals surface area contributed by atoms with E-state index >= 15 is 0 Å². The summed E-state index contributed by atoms with van der Waals surface area (Å²) in [6.45, 7) is 1.67. The number of urea groups is 1. The molecule has 0 saturated heterocycles. The molecule has 0 aliphatic carbocycles. The van der Waals surface area contributed by atoms with Crippen LogP contribution < -0.4 is 5.32 Å². The fraction of sp³-hybridized carbons (Fsp3) is 0.286. The van der Waals surface area contributed by atoms with E-state index in [2.05, 4.69) is 20.0 Å². The lowest BCUT2D eigenvalue weighted by molar-refractivity contribution is -0.141. The van der Waals surface area contributed by atoms with Crippen LogP contribution in [0.5, 0.6) is 0 Å². The van der Waals surface area contributed by atoms with E-state index < -0.39 is 11.9 Å². The highest BCUT2D eigenvalue weighted by Crippen LogP contribution is 2.17. The number of nitrogens with one attached hydrogen (secondary N) is 1. The zero-order chi connectivity index (χ0) is 16.1. The second-order valence-electron chi connectivity index (χ2n) is 4.88. The third-order valence-corrected chi connectivity index (χ3v) is 3.07. The number of hydrogen-bond acceptors (Lipinski definition) is 5. The number of carboxylic acid groups (broad SMARTS) is 1. The van der Waals surface area contributed by atoms with Crippen LogP contribution in [0.3, 0.4) is 0 Å². The van der Waals surface area contributed by atoms with Crippen molar-refractivity contribution in [2.24, 2.45) is 5.92 Å². The monoisotopic (exact) mass is 304 g/mol. The van der Waals surface area contributed by atoms with Crippen LogP contribution in [-0.2, 0) is 4.79 Å². The number of hydrogen-bond donors (Lipinski definition) is 2. The van der Waals surface area contributed by atoms with E-state index in [4.69, 9.17) is 5.11 Å². The van der Waals surface area contributed by atoms with Crippen LogP contribution in [0, 0.1) is 5.92 Å². The predicted molar refractivity (Wildman–Crippen MR) is 78.2 cm³/mol. The molecular formula is C14H16N4O4. The minimum absolute atomic E-state index is 0.127. The van der Waals surface area contributed by atoms with Crippen LogP contribution in [-0.4, -0.2) is 45.7 Å². The Morgan fingerprint density at radius 1 is 1.36 bits per heavy atom. The summed E-state index contributed by atoms with van der Waals surface area (Å²) in [5.74, 6) is -1.11. The lowest BCUT2D eigenvalue weighted by Crippen LogP contribution is -2.36. The van der Waals surface area contributed by atoms with E-state index in [0.29, 0.717) is 11.5 Å². The highest BCUT2D eigenvalue weighted by atomic mass is 16.5. The summed E-state index contributed by atoms with van der Waals surface area (Å²) in [6.07, 6.45) is 1.24. The predicted octanol–water partition coefficient (Wildman–Crippen LogP) is 1.92. The summed E-state index contributed by atoms with van der Waals surface area (Å²) in [4.78, 5) is 28.0. The Labute approximate surface area is 126 Å². The first-order valence-corrected chi connectivity index (χ1v) is 6.59. The van der Waals surface area contributed by atoms with Gasteiger partial charge in [-0.05, 0) is 24.3 Å². The second kappa shape index (κ2) is 6.70. The van der Waals surface area contributed by atoms with Gasteiger partial charge in [0.1, 0.15) is 0 Å². The Morgan fingerprint density at radius 2 is 2.05 bits per heavy atom. The molecule has 0 fully saturated rings. The van der Waals surface area contributed by atoms with E-state index in [1.807, 2.05) is 0 Å². The Morgan fingerprint density at radius 3 is 2.59 bits per heavy atom. The van der Waals surface area contributed by atoms with E-state index in [-0.39, 0.29) is 12.6 Å². The Kier molecular flexibility index (Phi) is 4.72. The van der Waals surface area contributed by atoms with Crippen LogP contribution in [0.4, 0.5) is 10.5 Å². The number of carbonyl (C=O) groups is 2. The van der Waals surface area contributed by atoms with Crippen LogP contribution in [0.25, 0.3) is 11.4 Å². The molecule has 22 heavy (non-hydrogen) atoms. The van der Waals surface area contributed by atoms with Crippen LogP contribution in [0.1, 0.15) is 6.92 Å². The first-order valence-electron chi connectivity index (χ1n) is 6.59. The summed E-state index contributed by atoms with van der Waals surface area (Å²) in [6, 6.07) is 6.54. The number of benzene rings is 1. The number of aromatic nitrogens is 2. The molecule has 8 heteroatoms. The lowest BCUT2D eigenvalue weighted by Gasteiger charge is -2.20. The van der Waals surface area contributed by atoms with E-state index in [1.54, 1.807) is 38.2 Å². The molecule has 0 saturated carbocycles. The standard InChI is InChI=1S/C14H16N4O4/c1-9(13(19)20)7-18(2)14(21)16-11-5-3-10(4-6-11)12-15-8-22-17-12/h3-6,8-9H,7H2,1-2H3,(H,16,21)(H,19,20). The van der Waals surface area contributed by atoms with Crippen LogP contribution >= 0.6 is 0 Å². The minimum Gasteiger partial charge on any atom is -0.481 e. The largest absolute Gasteiger partial charge is 0.481 e. The van der Waals surface area contributed by atoms with Gasteiger partial charge in [-0.2, -0.15) is 4.98 Å². The van der Waals surface area contributed by atoms with Gasteiger partial charge in [0.25, 0.3) is 0 Å². The van der Waals surface area contributed by atoms with Gasteiger partial charge in [-0.1, -0.05) is 12.1 Å². The van der Waals surface area contributed by atoms with Crippen molar-refractivity contribution < 1.29 is 19.2 Å². The SMILES string of the molecule is CC(CN(C)C(=O)Nc1ccc(-c2ncon2)cc1)C(=O)O. The Bertz CT molecular complexity index is 639. The summed E-state index contributed by atoms with van der Waals surface area (Å²) in [5.41, 5.74) is 1.35. The van der Waals surface area contributed by atoms with Crippen molar-refractivity contribution in [1.29, 1.82) is 0 Å². The number of rotatable bonds is 5. The van der Waals surface area contributed by atoms with Gasteiger partial charge in [0.05, 0.1) is 5.92 Å². The molecule has 2 rings (SSSR count). The van der Waals surface area contributed by atoms with E-state index in [0.717, 1.165) is 5.56 Å². The van der Waals surface area contributed by atoms with Gasteiger partial charge in [0.15, 0.2) is 0 Å².